The minimum atomic E-state index is -4.08. The van der Waals surface area contributed by atoms with Crippen molar-refractivity contribution in [3.63, 3.8) is 0 Å². The van der Waals surface area contributed by atoms with Crippen molar-refractivity contribution in [1.29, 1.82) is 0 Å². The molecule has 0 spiro atoms. The van der Waals surface area contributed by atoms with Crippen molar-refractivity contribution in [2.45, 2.75) is 18.7 Å². The van der Waals surface area contributed by atoms with Gasteiger partial charge in [-0.15, -0.1) is 10.2 Å². The summed E-state index contributed by atoms with van der Waals surface area (Å²) in [5.41, 5.74) is 1.57. The zero-order valence-corrected chi connectivity index (χ0v) is 17.4. The van der Waals surface area contributed by atoms with Crippen LogP contribution in [0.25, 0.3) is 5.69 Å². The van der Waals surface area contributed by atoms with Gasteiger partial charge in [0.2, 0.25) is 5.88 Å². The predicted octanol–water partition coefficient (Wildman–Crippen LogP) is 4.89. The fourth-order valence-corrected chi connectivity index (χ4v) is 3.06. The number of nitrogens with zero attached hydrogens (tertiary/aromatic N) is 4. The Labute approximate surface area is 183 Å². The summed E-state index contributed by atoms with van der Waals surface area (Å²) in [6.45, 7) is 3.54. The van der Waals surface area contributed by atoms with Crippen molar-refractivity contribution in [1.82, 2.24) is 9.78 Å². The van der Waals surface area contributed by atoms with Crippen molar-refractivity contribution in [3.8, 4) is 11.6 Å². The minimum Gasteiger partial charge on any atom is -0.492 e. The first-order chi connectivity index (χ1) is 13.6. The fourth-order valence-electron chi connectivity index (χ4n) is 2.54. The number of azo groups is 1. The van der Waals surface area contributed by atoms with Gasteiger partial charge in [-0.2, -0.15) is 9.78 Å². The number of aromatic hydroxyl groups is 1. The van der Waals surface area contributed by atoms with Crippen LogP contribution in [0.15, 0.2) is 57.6 Å². The second-order valence-corrected chi connectivity index (χ2v) is 7.72. The van der Waals surface area contributed by atoms with Gasteiger partial charge in [-0.05, 0) is 44.2 Å². The number of benzene rings is 2. The first-order valence-electron chi connectivity index (χ1n) is 8.23. The SMILES string of the molecule is Cc1ccc(-n2nc(C)c(N=Nc3ccc(S(O)(O)O)cc3C(=O)O)c2O)cc1.[Cu]. The number of hydrogen-bond acceptors (Lipinski definition) is 8. The van der Waals surface area contributed by atoms with Gasteiger partial charge in [0.1, 0.15) is 16.6 Å². The molecule has 12 heteroatoms. The maximum Gasteiger partial charge on any atom is 0.338 e. The molecule has 0 unspecified atom stereocenters. The molecule has 0 aliphatic carbocycles. The number of aryl methyl sites for hydroxylation is 2. The summed E-state index contributed by atoms with van der Waals surface area (Å²) in [7, 11) is -4.08. The van der Waals surface area contributed by atoms with Crippen molar-refractivity contribution in [2.24, 2.45) is 10.2 Å². The van der Waals surface area contributed by atoms with Crippen molar-refractivity contribution >= 4 is 28.2 Å². The molecule has 10 nitrogen and oxygen atoms in total. The Morgan fingerprint density at radius 3 is 2.23 bits per heavy atom. The van der Waals surface area contributed by atoms with E-state index in [4.69, 9.17) is 0 Å². The van der Waals surface area contributed by atoms with Crippen LogP contribution in [0.3, 0.4) is 0 Å². The van der Waals surface area contributed by atoms with E-state index >= 15 is 0 Å². The third-order valence-electron chi connectivity index (χ3n) is 4.06. The third kappa shape index (κ3) is 4.87. The Kier molecular flexibility index (Phi) is 7.03. The van der Waals surface area contributed by atoms with E-state index in [0.29, 0.717) is 11.4 Å². The van der Waals surface area contributed by atoms with Crippen LogP contribution in [0.1, 0.15) is 21.6 Å². The molecule has 1 aromatic heterocycles. The molecule has 0 saturated heterocycles. The Hall–Kier alpha value is -2.73. The van der Waals surface area contributed by atoms with Crippen LogP contribution in [-0.2, 0) is 17.1 Å². The minimum absolute atomic E-state index is 0. The number of carbonyl (C=O) groups is 1. The van der Waals surface area contributed by atoms with Gasteiger partial charge < -0.3 is 23.9 Å². The predicted molar refractivity (Wildman–Crippen MR) is 106 cm³/mol. The van der Waals surface area contributed by atoms with Crippen LogP contribution in [0.2, 0.25) is 0 Å². The molecule has 0 aliphatic heterocycles. The van der Waals surface area contributed by atoms with E-state index in [1.165, 1.54) is 10.7 Å². The largest absolute Gasteiger partial charge is 0.492 e. The molecule has 1 heterocycles. The second kappa shape index (κ2) is 8.96. The second-order valence-electron chi connectivity index (χ2n) is 6.21. The Morgan fingerprint density at radius 2 is 1.67 bits per heavy atom. The maximum atomic E-state index is 11.5. The zero-order valence-electron chi connectivity index (χ0n) is 15.7. The number of aromatic nitrogens is 2. The Morgan fingerprint density at radius 1 is 1.03 bits per heavy atom. The van der Waals surface area contributed by atoms with Gasteiger partial charge in [0.25, 0.3) is 0 Å². The first-order valence-corrected chi connectivity index (χ1v) is 9.73. The molecule has 0 atom stereocenters. The molecule has 0 amide bonds. The summed E-state index contributed by atoms with van der Waals surface area (Å²) in [6, 6.07) is 10.5. The van der Waals surface area contributed by atoms with Gasteiger partial charge in [0, 0.05) is 17.1 Å². The molecular weight excluding hydrogens is 464 g/mol. The molecule has 1 radical (unpaired) electrons. The van der Waals surface area contributed by atoms with E-state index in [-0.39, 0.29) is 39.2 Å². The van der Waals surface area contributed by atoms with Crippen LogP contribution < -0.4 is 0 Å². The first kappa shape index (κ1) is 23.5. The third-order valence-corrected chi connectivity index (χ3v) is 4.94. The molecule has 163 valence electrons. The maximum absolute atomic E-state index is 11.5. The molecule has 0 aliphatic rings. The van der Waals surface area contributed by atoms with Gasteiger partial charge in [0.15, 0.2) is 5.69 Å². The monoisotopic (exact) mass is 481 g/mol. The molecule has 30 heavy (non-hydrogen) atoms. The summed E-state index contributed by atoms with van der Waals surface area (Å²) < 4.78 is 29.2. The fraction of sp³-hybridized carbons (Fsp3) is 0.111. The molecule has 0 saturated carbocycles. The average molecular weight is 482 g/mol. The number of carboxylic acids is 1. The van der Waals surface area contributed by atoms with Crippen molar-refractivity contribution in [2.75, 3.05) is 0 Å². The molecule has 3 rings (SSSR count). The van der Waals surface area contributed by atoms with Crippen molar-refractivity contribution < 1.29 is 45.7 Å². The number of hydrogen-bond donors (Lipinski definition) is 5. The Bertz CT molecular complexity index is 1110. The summed E-state index contributed by atoms with van der Waals surface area (Å²) >= 11 is 0. The van der Waals surface area contributed by atoms with E-state index in [1.807, 2.05) is 19.1 Å². The van der Waals surface area contributed by atoms with Crippen LogP contribution in [-0.4, -0.2) is 39.6 Å². The quantitative estimate of drug-likeness (QED) is 0.256. The van der Waals surface area contributed by atoms with Crippen LogP contribution >= 0.6 is 10.9 Å². The summed E-state index contributed by atoms with van der Waals surface area (Å²) in [5, 5.41) is 31.8. The van der Waals surface area contributed by atoms with E-state index in [0.717, 1.165) is 17.7 Å². The summed E-state index contributed by atoms with van der Waals surface area (Å²) in [5.74, 6) is -1.67. The van der Waals surface area contributed by atoms with Crippen LogP contribution in [0.4, 0.5) is 11.4 Å². The van der Waals surface area contributed by atoms with E-state index < -0.39 is 22.4 Å². The van der Waals surface area contributed by atoms with E-state index in [9.17, 15) is 28.7 Å². The number of rotatable bonds is 5. The number of carboxylic acid groups (broad SMARTS) is 1. The van der Waals surface area contributed by atoms with Gasteiger partial charge in [-0.3, -0.25) is 0 Å². The van der Waals surface area contributed by atoms with Gasteiger partial charge >= 0.3 is 5.97 Å². The van der Waals surface area contributed by atoms with E-state index in [2.05, 4.69) is 15.3 Å². The smallest absolute Gasteiger partial charge is 0.338 e. The van der Waals surface area contributed by atoms with Crippen molar-refractivity contribution in [3.05, 3.63) is 59.3 Å². The average Bonchev–Trinajstić information content (AvgIpc) is 2.93. The molecule has 0 fully saturated rings. The van der Waals surface area contributed by atoms with Crippen LogP contribution in [0.5, 0.6) is 5.88 Å². The standard InChI is InChI=1S/C18H18N4O6S.Cu/c1-10-3-5-12(6-4-10)22-17(23)16(11(2)21-22)20-19-15-8-7-13(29(26,27)28)9-14(15)18(24)25;/h3-9,23,26-28H,1-2H3,(H,24,25);. The van der Waals surface area contributed by atoms with Gasteiger partial charge in [0.05, 0.1) is 21.8 Å². The summed E-state index contributed by atoms with van der Waals surface area (Å²) in [6.07, 6.45) is 0. The summed E-state index contributed by atoms with van der Waals surface area (Å²) in [4.78, 5) is 11.1. The topological polar surface area (TPSA) is 161 Å². The number of aromatic carboxylic acids is 1. The normalized spacial score (nSPS) is 12.0. The Balaban J connectivity index is 0.00000320. The van der Waals surface area contributed by atoms with Crippen LogP contribution in [0, 0.1) is 13.8 Å². The molecule has 5 N–H and O–H groups in total. The molecule has 3 aromatic rings. The van der Waals surface area contributed by atoms with Gasteiger partial charge in [-0.1, -0.05) is 17.7 Å². The van der Waals surface area contributed by atoms with E-state index in [1.54, 1.807) is 19.1 Å². The van der Waals surface area contributed by atoms with Gasteiger partial charge in [-0.25, -0.2) is 4.79 Å². The molecule has 0 bridgehead atoms. The molecular formula is C18H18CuN4O6S. The zero-order chi connectivity index (χ0) is 21.3. The molecule has 2 aromatic carbocycles.